The highest BCUT2D eigenvalue weighted by Crippen LogP contribution is 2.22. The fraction of sp³-hybridized carbons (Fsp3) is 0.294. The van der Waals surface area contributed by atoms with Crippen molar-refractivity contribution in [2.45, 2.75) is 25.2 Å². The molecule has 7 heteroatoms. The Kier molecular flexibility index (Phi) is 5.12. The fourth-order valence-corrected chi connectivity index (χ4v) is 2.28. The first kappa shape index (κ1) is 16.1. The van der Waals surface area contributed by atoms with E-state index in [1.165, 1.54) is 12.4 Å². The predicted molar refractivity (Wildman–Crippen MR) is 82.1 cm³/mol. The van der Waals surface area contributed by atoms with Crippen LogP contribution in [-0.4, -0.2) is 40.9 Å². The summed E-state index contributed by atoms with van der Waals surface area (Å²) in [6, 6.07) is 8.29. The number of carbonyl (C=O) groups is 2. The van der Waals surface area contributed by atoms with Gasteiger partial charge in [-0.15, -0.1) is 0 Å². The van der Waals surface area contributed by atoms with Gasteiger partial charge in [-0.3, -0.25) is 4.98 Å². The van der Waals surface area contributed by atoms with E-state index in [4.69, 9.17) is 14.2 Å². The monoisotopic (exact) mass is 328 g/mol. The molecule has 1 aliphatic heterocycles. The van der Waals surface area contributed by atoms with Gasteiger partial charge in [0.1, 0.15) is 12.3 Å². The average molecular weight is 328 g/mol. The number of pyridine rings is 2. The Morgan fingerprint density at radius 1 is 1.12 bits per heavy atom. The second-order valence-electron chi connectivity index (χ2n) is 5.23. The lowest BCUT2D eigenvalue weighted by molar-refractivity contribution is -0.112. The van der Waals surface area contributed by atoms with Crippen molar-refractivity contribution in [1.82, 2.24) is 9.97 Å². The van der Waals surface area contributed by atoms with Crippen molar-refractivity contribution >= 4 is 11.9 Å². The topological polar surface area (TPSA) is 87.6 Å². The Hall–Kier alpha value is -2.80. The molecule has 1 aliphatic rings. The molecular weight excluding hydrogens is 312 g/mol. The van der Waals surface area contributed by atoms with Gasteiger partial charge in [0.15, 0.2) is 0 Å². The van der Waals surface area contributed by atoms with E-state index >= 15 is 0 Å². The molecule has 0 saturated carbocycles. The van der Waals surface area contributed by atoms with Crippen molar-refractivity contribution in [3.8, 4) is 0 Å². The summed E-state index contributed by atoms with van der Waals surface area (Å²) in [6.45, 7) is 0.0936. The van der Waals surface area contributed by atoms with Crippen molar-refractivity contribution in [1.29, 1.82) is 0 Å². The van der Waals surface area contributed by atoms with E-state index in [1.54, 1.807) is 36.5 Å². The lowest BCUT2D eigenvalue weighted by Gasteiger charge is -2.14. The third-order valence-corrected chi connectivity index (χ3v) is 3.48. The van der Waals surface area contributed by atoms with Crippen LogP contribution in [0.15, 0.2) is 48.9 Å². The third kappa shape index (κ3) is 4.14. The Morgan fingerprint density at radius 3 is 2.79 bits per heavy atom. The summed E-state index contributed by atoms with van der Waals surface area (Å²) in [4.78, 5) is 31.5. The number of ether oxygens (including phenoxy) is 3. The first-order valence-electron chi connectivity index (χ1n) is 7.57. The quantitative estimate of drug-likeness (QED) is 0.776. The minimum atomic E-state index is -0.642. The van der Waals surface area contributed by atoms with E-state index in [1.807, 2.05) is 0 Å². The molecule has 0 amide bonds. The van der Waals surface area contributed by atoms with E-state index < -0.39 is 18.2 Å². The molecule has 0 aliphatic carbocycles. The number of esters is 2. The number of hydrogen-bond acceptors (Lipinski definition) is 7. The molecule has 0 bridgehead atoms. The predicted octanol–water partition coefficient (Wildman–Crippen LogP) is 2.00. The number of carbonyl (C=O) groups excluding carboxylic acids is 2. The van der Waals surface area contributed by atoms with Crippen LogP contribution in [0.25, 0.3) is 0 Å². The maximum atomic E-state index is 11.9. The minimum Gasteiger partial charge on any atom is -0.458 e. The molecule has 1 saturated heterocycles. The summed E-state index contributed by atoms with van der Waals surface area (Å²) in [5, 5.41) is 0. The molecule has 2 aromatic rings. The van der Waals surface area contributed by atoms with Crippen LogP contribution < -0.4 is 0 Å². The molecule has 124 valence electrons. The lowest BCUT2D eigenvalue weighted by Crippen LogP contribution is -2.23. The average Bonchev–Trinajstić information content (AvgIpc) is 3.08. The summed E-state index contributed by atoms with van der Waals surface area (Å²) in [6.07, 6.45) is 4.79. The summed E-state index contributed by atoms with van der Waals surface area (Å²) in [5.41, 5.74) is 0.612. The van der Waals surface area contributed by atoms with Crippen LogP contribution in [0.5, 0.6) is 0 Å². The number of nitrogens with zero attached hydrogens (tertiary/aromatic N) is 2. The van der Waals surface area contributed by atoms with E-state index in [0.717, 1.165) is 0 Å². The van der Waals surface area contributed by atoms with Crippen molar-refractivity contribution in [2.75, 3.05) is 6.61 Å². The van der Waals surface area contributed by atoms with Gasteiger partial charge in [0.25, 0.3) is 0 Å². The van der Waals surface area contributed by atoms with E-state index in [9.17, 15) is 9.59 Å². The van der Waals surface area contributed by atoms with Gasteiger partial charge in [0.05, 0.1) is 11.7 Å². The van der Waals surface area contributed by atoms with Crippen LogP contribution in [0, 0.1) is 0 Å². The van der Waals surface area contributed by atoms with Crippen LogP contribution in [0.4, 0.5) is 0 Å². The van der Waals surface area contributed by atoms with Crippen molar-refractivity contribution in [3.63, 3.8) is 0 Å². The van der Waals surface area contributed by atoms with E-state index in [-0.39, 0.29) is 18.4 Å². The second kappa shape index (κ2) is 7.65. The summed E-state index contributed by atoms with van der Waals surface area (Å²) in [5.74, 6) is -0.991. The Bertz CT molecular complexity index is 693. The molecule has 0 radical (unpaired) electrons. The SMILES string of the molecule is O=C(OC1CCC(COC(=O)c2ccccn2)O1)c1cccnc1. The smallest absolute Gasteiger partial charge is 0.357 e. The normalized spacial score (nSPS) is 19.7. The highest BCUT2D eigenvalue weighted by molar-refractivity contribution is 5.89. The molecule has 2 atom stereocenters. The van der Waals surface area contributed by atoms with Crippen LogP contribution in [0.1, 0.15) is 33.7 Å². The van der Waals surface area contributed by atoms with Crippen LogP contribution in [0.3, 0.4) is 0 Å². The third-order valence-electron chi connectivity index (χ3n) is 3.48. The Labute approximate surface area is 138 Å². The molecule has 0 spiro atoms. The first-order valence-corrected chi connectivity index (χ1v) is 7.57. The van der Waals surface area contributed by atoms with Gasteiger partial charge in [-0.1, -0.05) is 6.07 Å². The second-order valence-corrected chi connectivity index (χ2v) is 5.23. The fourth-order valence-electron chi connectivity index (χ4n) is 2.28. The molecule has 0 N–H and O–H groups in total. The van der Waals surface area contributed by atoms with Gasteiger partial charge in [-0.25, -0.2) is 14.6 Å². The van der Waals surface area contributed by atoms with Crippen LogP contribution >= 0.6 is 0 Å². The van der Waals surface area contributed by atoms with Gasteiger partial charge < -0.3 is 14.2 Å². The van der Waals surface area contributed by atoms with Crippen LogP contribution in [-0.2, 0) is 14.2 Å². The highest BCUT2D eigenvalue weighted by atomic mass is 16.7. The molecule has 0 aromatic carbocycles. The molecule has 3 heterocycles. The Morgan fingerprint density at radius 2 is 2.04 bits per heavy atom. The van der Waals surface area contributed by atoms with Crippen molar-refractivity contribution in [3.05, 3.63) is 60.2 Å². The minimum absolute atomic E-state index is 0.0936. The molecule has 2 aromatic heterocycles. The molecule has 7 nitrogen and oxygen atoms in total. The van der Waals surface area contributed by atoms with E-state index in [2.05, 4.69) is 9.97 Å². The van der Waals surface area contributed by atoms with E-state index in [0.29, 0.717) is 18.4 Å². The van der Waals surface area contributed by atoms with Gasteiger partial charge in [-0.05, 0) is 30.7 Å². The zero-order valence-electron chi connectivity index (χ0n) is 12.8. The highest BCUT2D eigenvalue weighted by Gasteiger charge is 2.29. The molecule has 3 rings (SSSR count). The number of aromatic nitrogens is 2. The standard InChI is InChI=1S/C17H16N2O5/c20-16(12-4-3-8-18-10-12)24-15-7-6-13(23-15)11-22-17(21)14-5-1-2-9-19-14/h1-5,8-10,13,15H,6-7,11H2. The summed E-state index contributed by atoms with van der Waals surface area (Å²) >= 11 is 0. The van der Waals surface area contributed by atoms with Crippen molar-refractivity contribution in [2.24, 2.45) is 0 Å². The number of hydrogen-bond donors (Lipinski definition) is 0. The lowest BCUT2D eigenvalue weighted by atomic mass is 10.2. The maximum absolute atomic E-state index is 11.9. The molecule has 1 fully saturated rings. The van der Waals surface area contributed by atoms with Gasteiger partial charge >= 0.3 is 11.9 Å². The molecular formula is C17H16N2O5. The maximum Gasteiger partial charge on any atom is 0.357 e. The summed E-state index contributed by atoms with van der Waals surface area (Å²) < 4.78 is 16.0. The van der Waals surface area contributed by atoms with Gasteiger partial charge in [0.2, 0.25) is 6.29 Å². The van der Waals surface area contributed by atoms with Crippen molar-refractivity contribution < 1.29 is 23.8 Å². The largest absolute Gasteiger partial charge is 0.458 e. The number of rotatable bonds is 5. The molecule has 2 unspecified atom stereocenters. The van der Waals surface area contributed by atoms with Gasteiger partial charge in [0, 0.05) is 25.0 Å². The Balaban J connectivity index is 1.44. The molecule has 24 heavy (non-hydrogen) atoms. The first-order chi connectivity index (χ1) is 11.7. The zero-order valence-corrected chi connectivity index (χ0v) is 12.8. The summed E-state index contributed by atoms with van der Waals surface area (Å²) in [7, 11) is 0. The zero-order chi connectivity index (χ0) is 16.8. The van der Waals surface area contributed by atoms with Gasteiger partial charge in [-0.2, -0.15) is 0 Å². The van der Waals surface area contributed by atoms with Crippen LogP contribution in [0.2, 0.25) is 0 Å².